The van der Waals surface area contributed by atoms with E-state index in [4.69, 9.17) is 0 Å². The smallest absolute Gasteiger partial charge is 0.0399 e. The van der Waals surface area contributed by atoms with Gasteiger partial charge in [-0.2, -0.15) is 0 Å². The van der Waals surface area contributed by atoms with Gasteiger partial charge >= 0.3 is 0 Å². The number of hydrogen-bond donors (Lipinski definition) is 1. The van der Waals surface area contributed by atoms with Gasteiger partial charge in [-0.1, -0.05) is 30.4 Å². The van der Waals surface area contributed by atoms with E-state index >= 15 is 0 Å². The van der Waals surface area contributed by atoms with E-state index in [-0.39, 0.29) is 0 Å². The summed E-state index contributed by atoms with van der Waals surface area (Å²) in [5, 5.41) is 3.64. The molecule has 1 unspecified atom stereocenters. The maximum atomic E-state index is 3.64. The zero-order valence-electron chi connectivity index (χ0n) is 12.4. The highest BCUT2D eigenvalue weighted by molar-refractivity contribution is 5.57. The van der Waals surface area contributed by atoms with Crippen LogP contribution in [0.5, 0.6) is 0 Å². The molecule has 0 aromatic heterocycles. The molecule has 2 nitrogen and oxygen atoms in total. The minimum atomic E-state index is 0.868. The topological polar surface area (TPSA) is 15.3 Å². The molecule has 0 bridgehead atoms. The molecule has 1 aromatic carbocycles. The van der Waals surface area contributed by atoms with Crippen molar-refractivity contribution >= 4 is 5.69 Å². The van der Waals surface area contributed by atoms with Crippen LogP contribution in [0.2, 0.25) is 0 Å². The molecular formula is C18H26N2. The summed E-state index contributed by atoms with van der Waals surface area (Å²) >= 11 is 0. The Balaban J connectivity index is 1.34. The average molecular weight is 270 g/mol. The predicted molar refractivity (Wildman–Crippen MR) is 86.3 cm³/mol. The molecule has 0 fully saturated rings. The van der Waals surface area contributed by atoms with Crippen molar-refractivity contribution in [3.63, 3.8) is 0 Å². The zero-order chi connectivity index (χ0) is 13.6. The van der Waals surface area contributed by atoms with E-state index in [1.807, 2.05) is 0 Å². The fraction of sp³-hybridized carbons (Fsp3) is 0.556. The number of nitrogens with one attached hydrogen (secondary N) is 1. The summed E-state index contributed by atoms with van der Waals surface area (Å²) in [5.41, 5.74) is 2.99. The highest BCUT2D eigenvalue weighted by Gasteiger charge is 2.17. The molecule has 0 saturated carbocycles. The van der Waals surface area contributed by atoms with Crippen LogP contribution in [0.1, 0.15) is 31.2 Å². The summed E-state index contributed by atoms with van der Waals surface area (Å²) in [6, 6.07) is 8.85. The van der Waals surface area contributed by atoms with Gasteiger partial charge in [-0.15, -0.1) is 0 Å². The van der Waals surface area contributed by atoms with Crippen molar-refractivity contribution in [2.75, 3.05) is 31.1 Å². The van der Waals surface area contributed by atoms with E-state index in [0.717, 1.165) is 12.5 Å². The summed E-state index contributed by atoms with van der Waals surface area (Å²) in [7, 11) is 0. The SMILES string of the molecule is C1=CCC(CNCCCN2CCc3ccccc32)CC1. The minimum Gasteiger partial charge on any atom is -0.371 e. The van der Waals surface area contributed by atoms with Crippen molar-refractivity contribution < 1.29 is 0 Å². The van der Waals surface area contributed by atoms with E-state index in [1.165, 1.54) is 63.0 Å². The number of hydrogen-bond acceptors (Lipinski definition) is 2. The highest BCUT2D eigenvalue weighted by Crippen LogP contribution is 2.27. The minimum absolute atomic E-state index is 0.868. The second kappa shape index (κ2) is 6.94. The van der Waals surface area contributed by atoms with Crippen LogP contribution in [-0.2, 0) is 6.42 Å². The number of para-hydroxylation sites is 1. The molecule has 3 rings (SSSR count). The third-order valence-electron chi connectivity index (χ3n) is 4.58. The number of anilines is 1. The summed E-state index contributed by atoms with van der Waals surface area (Å²) < 4.78 is 0. The van der Waals surface area contributed by atoms with Gasteiger partial charge < -0.3 is 10.2 Å². The molecule has 1 N–H and O–H groups in total. The zero-order valence-corrected chi connectivity index (χ0v) is 12.4. The summed E-state index contributed by atoms with van der Waals surface area (Å²) in [6.07, 6.45) is 11.0. The molecule has 1 aliphatic heterocycles. The van der Waals surface area contributed by atoms with E-state index in [0.29, 0.717) is 0 Å². The summed E-state index contributed by atoms with van der Waals surface area (Å²) in [5.74, 6) is 0.868. The van der Waals surface area contributed by atoms with Crippen molar-refractivity contribution in [1.82, 2.24) is 5.32 Å². The Labute approximate surface area is 122 Å². The first-order valence-electron chi connectivity index (χ1n) is 8.12. The van der Waals surface area contributed by atoms with Crippen molar-refractivity contribution in [2.45, 2.75) is 32.1 Å². The van der Waals surface area contributed by atoms with Crippen molar-refractivity contribution in [2.24, 2.45) is 5.92 Å². The number of fused-ring (bicyclic) bond motifs is 1. The van der Waals surface area contributed by atoms with Crippen LogP contribution in [-0.4, -0.2) is 26.2 Å². The molecular weight excluding hydrogens is 244 g/mol. The lowest BCUT2D eigenvalue weighted by Gasteiger charge is -2.21. The number of allylic oxidation sites excluding steroid dienone is 2. The Kier molecular flexibility index (Phi) is 4.75. The third kappa shape index (κ3) is 3.43. The van der Waals surface area contributed by atoms with Crippen molar-refractivity contribution in [1.29, 1.82) is 0 Å². The molecule has 0 saturated heterocycles. The van der Waals surface area contributed by atoms with Gasteiger partial charge in [-0.3, -0.25) is 0 Å². The van der Waals surface area contributed by atoms with E-state index in [9.17, 15) is 0 Å². The standard InChI is InChI=1S/C18H26N2/c1-2-7-16(8-3-1)15-19-12-6-13-20-14-11-17-9-4-5-10-18(17)20/h1-2,4-5,9-10,16,19H,3,6-8,11-15H2. The van der Waals surface area contributed by atoms with Crippen LogP contribution < -0.4 is 10.2 Å². The molecule has 0 spiro atoms. The Morgan fingerprint density at radius 3 is 3.05 bits per heavy atom. The predicted octanol–water partition coefficient (Wildman–Crippen LogP) is 3.39. The second-order valence-corrected chi connectivity index (χ2v) is 6.07. The second-order valence-electron chi connectivity index (χ2n) is 6.07. The molecule has 2 heteroatoms. The van der Waals surface area contributed by atoms with Crippen LogP contribution >= 0.6 is 0 Å². The fourth-order valence-corrected chi connectivity index (χ4v) is 3.38. The van der Waals surface area contributed by atoms with Crippen LogP contribution in [0.15, 0.2) is 36.4 Å². The first-order valence-corrected chi connectivity index (χ1v) is 8.12. The molecule has 1 heterocycles. The molecule has 1 aliphatic carbocycles. The monoisotopic (exact) mass is 270 g/mol. The van der Waals surface area contributed by atoms with Crippen LogP contribution in [0, 0.1) is 5.92 Å². The molecule has 108 valence electrons. The average Bonchev–Trinajstić information content (AvgIpc) is 2.91. The van der Waals surface area contributed by atoms with E-state index < -0.39 is 0 Å². The van der Waals surface area contributed by atoms with Gasteiger partial charge in [0.15, 0.2) is 0 Å². The Hall–Kier alpha value is -1.28. The van der Waals surface area contributed by atoms with Gasteiger partial charge in [0.1, 0.15) is 0 Å². The first-order chi connectivity index (χ1) is 9.93. The largest absolute Gasteiger partial charge is 0.371 e. The van der Waals surface area contributed by atoms with E-state index in [1.54, 1.807) is 0 Å². The van der Waals surface area contributed by atoms with Crippen molar-refractivity contribution in [3.8, 4) is 0 Å². The van der Waals surface area contributed by atoms with Crippen LogP contribution in [0.3, 0.4) is 0 Å². The van der Waals surface area contributed by atoms with E-state index in [2.05, 4.69) is 46.6 Å². The lowest BCUT2D eigenvalue weighted by atomic mass is 9.94. The highest BCUT2D eigenvalue weighted by atomic mass is 15.1. The summed E-state index contributed by atoms with van der Waals surface area (Å²) in [6.45, 7) is 4.74. The number of benzene rings is 1. The maximum absolute atomic E-state index is 3.64. The van der Waals surface area contributed by atoms with Crippen LogP contribution in [0.4, 0.5) is 5.69 Å². The lowest BCUT2D eigenvalue weighted by Crippen LogP contribution is -2.28. The third-order valence-corrected chi connectivity index (χ3v) is 4.58. The maximum Gasteiger partial charge on any atom is 0.0399 e. The molecule has 20 heavy (non-hydrogen) atoms. The van der Waals surface area contributed by atoms with Gasteiger partial charge in [-0.05, 0) is 62.7 Å². The van der Waals surface area contributed by atoms with Crippen LogP contribution in [0.25, 0.3) is 0 Å². The van der Waals surface area contributed by atoms with Crippen molar-refractivity contribution in [3.05, 3.63) is 42.0 Å². The Morgan fingerprint density at radius 1 is 1.20 bits per heavy atom. The number of rotatable bonds is 6. The fourth-order valence-electron chi connectivity index (χ4n) is 3.38. The van der Waals surface area contributed by atoms with Gasteiger partial charge in [0.2, 0.25) is 0 Å². The molecule has 1 aromatic rings. The summed E-state index contributed by atoms with van der Waals surface area (Å²) in [4.78, 5) is 2.54. The molecule has 0 amide bonds. The Morgan fingerprint density at radius 2 is 2.15 bits per heavy atom. The quantitative estimate of drug-likeness (QED) is 0.629. The van der Waals surface area contributed by atoms with Gasteiger partial charge in [0, 0.05) is 18.8 Å². The lowest BCUT2D eigenvalue weighted by molar-refractivity contribution is 0.439. The molecule has 2 aliphatic rings. The normalized spacial score (nSPS) is 21.2. The van der Waals surface area contributed by atoms with Gasteiger partial charge in [-0.25, -0.2) is 0 Å². The van der Waals surface area contributed by atoms with Gasteiger partial charge in [0.05, 0.1) is 0 Å². The van der Waals surface area contributed by atoms with Gasteiger partial charge in [0.25, 0.3) is 0 Å². The Bertz CT molecular complexity index is 452. The number of nitrogens with zero attached hydrogens (tertiary/aromatic N) is 1. The molecule has 1 atom stereocenters. The first kappa shape index (κ1) is 13.7. The molecule has 0 radical (unpaired) electrons.